The van der Waals surface area contributed by atoms with E-state index in [-0.39, 0.29) is 0 Å². The van der Waals surface area contributed by atoms with Crippen LogP contribution in [0.15, 0.2) is 0 Å². The largest absolute Gasteiger partial charge is 0.379 e. The average molecular weight is 172 g/mol. The van der Waals surface area contributed by atoms with Crippen molar-refractivity contribution in [1.82, 2.24) is 0 Å². The second kappa shape index (κ2) is 6.47. The Morgan fingerprint density at radius 1 is 1.08 bits per heavy atom. The quantitative estimate of drug-likeness (QED) is 0.596. The van der Waals surface area contributed by atoms with Crippen LogP contribution in [-0.2, 0) is 4.74 Å². The van der Waals surface area contributed by atoms with E-state index in [1.54, 1.807) is 0 Å². The highest BCUT2D eigenvalue weighted by Gasteiger charge is 2.09. The molecule has 0 bridgehead atoms. The molecule has 0 aromatic carbocycles. The Balaban J connectivity index is 3.53. The van der Waals surface area contributed by atoms with E-state index >= 15 is 0 Å². The molecule has 0 radical (unpaired) electrons. The van der Waals surface area contributed by atoms with Gasteiger partial charge < -0.3 is 4.74 Å². The lowest BCUT2D eigenvalue weighted by atomic mass is 9.96. The second-order valence-electron chi connectivity index (χ2n) is 4.29. The van der Waals surface area contributed by atoms with Crippen molar-refractivity contribution in [2.75, 3.05) is 6.61 Å². The van der Waals surface area contributed by atoms with Gasteiger partial charge in [-0.3, -0.25) is 0 Å². The molecule has 0 heterocycles. The van der Waals surface area contributed by atoms with Crippen molar-refractivity contribution in [2.24, 2.45) is 11.8 Å². The summed E-state index contributed by atoms with van der Waals surface area (Å²) in [6, 6.07) is 0. The van der Waals surface area contributed by atoms with Crippen molar-refractivity contribution in [3.05, 3.63) is 0 Å². The highest BCUT2D eigenvalue weighted by atomic mass is 16.5. The minimum atomic E-state index is 0.381. The number of hydrogen-bond acceptors (Lipinski definition) is 1. The van der Waals surface area contributed by atoms with Crippen LogP contribution >= 0.6 is 0 Å². The lowest BCUT2D eigenvalue weighted by Gasteiger charge is -2.18. The number of hydrogen-bond donors (Lipinski definition) is 0. The summed E-state index contributed by atoms with van der Waals surface area (Å²) in [7, 11) is 0. The SMILES string of the molecule is CCC(COC(C)C)CC(C)C. The summed E-state index contributed by atoms with van der Waals surface area (Å²) in [5.74, 6) is 1.55. The van der Waals surface area contributed by atoms with E-state index in [2.05, 4.69) is 34.6 Å². The predicted octanol–water partition coefficient (Wildman–Crippen LogP) is 3.48. The van der Waals surface area contributed by atoms with Crippen molar-refractivity contribution in [1.29, 1.82) is 0 Å². The minimum absolute atomic E-state index is 0.381. The molecule has 0 aliphatic carbocycles. The van der Waals surface area contributed by atoms with E-state index in [0.29, 0.717) is 6.10 Å². The van der Waals surface area contributed by atoms with E-state index in [4.69, 9.17) is 4.74 Å². The van der Waals surface area contributed by atoms with Crippen LogP contribution < -0.4 is 0 Å². The van der Waals surface area contributed by atoms with Crippen LogP contribution in [0.3, 0.4) is 0 Å². The van der Waals surface area contributed by atoms with Gasteiger partial charge in [0.15, 0.2) is 0 Å². The lowest BCUT2D eigenvalue weighted by Crippen LogP contribution is -2.14. The molecule has 0 saturated carbocycles. The summed E-state index contributed by atoms with van der Waals surface area (Å²) in [6.07, 6.45) is 2.92. The molecule has 1 atom stereocenters. The molecule has 0 fully saturated rings. The molecule has 1 heteroatoms. The summed E-state index contributed by atoms with van der Waals surface area (Å²) in [5, 5.41) is 0. The van der Waals surface area contributed by atoms with Crippen LogP contribution in [0.2, 0.25) is 0 Å². The molecule has 1 unspecified atom stereocenters. The molecule has 74 valence electrons. The minimum Gasteiger partial charge on any atom is -0.379 e. The third-order valence-corrected chi connectivity index (χ3v) is 2.05. The van der Waals surface area contributed by atoms with Crippen LogP contribution in [0, 0.1) is 11.8 Å². The summed E-state index contributed by atoms with van der Waals surface area (Å²) >= 11 is 0. The first kappa shape index (κ1) is 12.0. The lowest BCUT2D eigenvalue weighted by molar-refractivity contribution is 0.0447. The van der Waals surface area contributed by atoms with Gasteiger partial charge >= 0.3 is 0 Å². The van der Waals surface area contributed by atoms with Gasteiger partial charge in [-0.2, -0.15) is 0 Å². The fourth-order valence-corrected chi connectivity index (χ4v) is 1.35. The monoisotopic (exact) mass is 172 g/mol. The zero-order valence-corrected chi connectivity index (χ0v) is 9.26. The molecule has 0 aromatic rings. The third kappa shape index (κ3) is 6.66. The first-order valence-electron chi connectivity index (χ1n) is 5.17. The van der Waals surface area contributed by atoms with Crippen LogP contribution in [0.1, 0.15) is 47.5 Å². The molecule has 0 N–H and O–H groups in total. The molecular formula is C11H24O. The topological polar surface area (TPSA) is 9.23 Å². The normalized spacial score (nSPS) is 14.2. The van der Waals surface area contributed by atoms with Crippen LogP contribution in [0.25, 0.3) is 0 Å². The van der Waals surface area contributed by atoms with Crippen molar-refractivity contribution in [3.8, 4) is 0 Å². The van der Waals surface area contributed by atoms with Crippen molar-refractivity contribution in [3.63, 3.8) is 0 Å². The van der Waals surface area contributed by atoms with E-state index in [1.165, 1.54) is 12.8 Å². The summed E-state index contributed by atoms with van der Waals surface area (Å²) in [5.41, 5.74) is 0. The first-order valence-corrected chi connectivity index (χ1v) is 5.17. The van der Waals surface area contributed by atoms with Crippen molar-refractivity contribution in [2.45, 2.75) is 53.6 Å². The summed E-state index contributed by atoms with van der Waals surface area (Å²) in [6.45, 7) is 11.9. The Labute approximate surface area is 77.5 Å². The fourth-order valence-electron chi connectivity index (χ4n) is 1.35. The Bertz CT molecular complexity index is 97.2. The molecular weight excluding hydrogens is 148 g/mol. The number of rotatable bonds is 6. The molecule has 1 nitrogen and oxygen atoms in total. The molecule has 0 aliphatic heterocycles. The predicted molar refractivity (Wildman–Crippen MR) is 54.3 cm³/mol. The Hall–Kier alpha value is -0.0400. The number of ether oxygens (including phenoxy) is 1. The molecule has 12 heavy (non-hydrogen) atoms. The van der Waals surface area contributed by atoms with Gasteiger partial charge in [-0.1, -0.05) is 27.2 Å². The van der Waals surface area contributed by atoms with Gasteiger partial charge in [0.1, 0.15) is 0 Å². The van der Waals surface area contributed by atoms with Gasteiger partial charge in [0, 0.05) is 6.61 Å². The molecule has 0 rings (SSSR count). The van der Waals surface area contributed by atoms with Crippen molar-refractivity contribution < 1.29 is 4.74 Å². The van der Waals surface area contributed by atoms with Crippen LogP contribution in [0.4, 0.5) is 0 Å². The standard InChI is InChI=1S/C11H24O/c1-6-11(7-9(2)3)8-12-10(4)5/h9-11H,6-8H2,1-5H3. The molecule has 0 aromatic heterocycles. The van der Waals surface area contributed by atoms with Gasteiger partial charge in [0.25, 0.3) is 0 Å². The van der Waals surface area contributed by atoms with E-state index in [9.17, 15) is 0 Å². The first-order chi connectivity index (χ1) is 5.56. The maximum atomic E-state index is 5.60. The molecule has 0 amide bonds. The van der Waals surface area contributed by atoms with Crippen molar-refractivity contribution >= 4 is 0 Å². The zero-order valence-electron chi connectivity index (χ0n) is 9.26. The molecule has 0 aliphatic rings. The van der Waals surface area contributed by atoms with Gasteiger partial charge in [-0.25, -0.2) is 0 Å². The summed E-state index contributed by atoms with van der Waals surface area (Å²) < 4.78 is 5.60. The van der Waals surface area contributed by atoms with Gasteiger partial charge in [-0.05, 0) is 32.1 Å². The highest BCUT2D eigenvalue weighted by molar-refractivity contribution is 4.59. The maximum absolute atomic E-state index is 5.60. The Morgan fingerprint density at radius 3 is 2.00 bits per heavy atom. The van der Waals surface area contributed by atoms with Gasteiger partial charge in [0.2, 0.25) is 0 Å². The maximum Gasteiger partial charge on any atom is 0.0519 e. The van der Waals surface area contributed by atoms with Gasteiger partial charge in [0.05, 0.1) is 6.10 Å². The Morgan fingerprint density at radius 2 is 1.67 bits per heavy atom. The molecule has 0 spiro atoms. The fraction of sp³-hybridized carbons (Fsp3) is 1.00. The Kier molecular flexibility index (Phi) is 6.45. The smallest absolute Gasteiger partial charge is 0.0519 e. The average Bonchev–Trinajstić information content (AvgIpc) is 1.97. The van der Waals surface area contributed by atoms with Gasteiger partial charge in [-0.15, -0.1) is 0 Å². The van der Waals surface area contributed by atoms with Crippen LogP contribution in [-0.4, -0.2) is 12.7 Å². The van der Waals surface area contributed by atoms with Crippen LogP contribution in [0.5, 0.6) is 0 Å². The summed E-state index contributed by atoms with van der Waals surface area (Å²) in [4.78, 5) is 0. The molecule has 0 saturated heterocycles. The van der Waals surface area contributed by atoms with E-state index < -0.39 is 0 Å². The second-order valence-corrected chi connectivity index (χ2v) is 4.29. The van der Waals surface area contributed by atoms with E-state index in [1.807, 2.05) is 0 Å². The highest BCUT2D eigenvalue weighted by Crippen LogP contribution is 2.15. The third-order valence-electron chi connectivity index (χ3n) is 2.05. The zero-order chi connectivity index (χ0) is 9.56. The van der Waals surface area contributed by atoms with E-state index in [0.717, 1.165) is 18.4 Å².